The number of amides is 1. The molecular weight excluding hydrogens is 446 g/mol. The molecule has 8 nitrogen and oxygen atoms in total. The molecule has 35 heavy (non-hydrogen) atoms. The smallest absolute Gasteiger partial charge is 0.317 e. The van der Waals surface area contributed by atoms with Crippen molar-refractivity contribution >= 4 is 22.9 Å². The number of benzene rings is 2. The molecule has 0 aliphatic carbocycles. The number of esters is 1. The van der Waals surface area contributed by atoms with E-state index in [0.717, 1.165) is 11.1 Å². The fraction of sp³-hybridized carbons (Fsp3) is 0.407. The first kappa shape index (κ1) is 24.4. The van der Waals surface area contributed by atoms with E-state index in [-0.39, 0.29) is 30.8 Å². The number of rotatable bonds is 7. The molecule has 1 saturated heterocycles. The summed E-state index contributed by atoms with van der Waals surface area (Å²) in [5.74, 6) is -0.470. The number of likely N-dealkylation sites (tertiary alicyclic amines) is 1. The summed E-state index contributed by atoms with van der Waals surface area (Å²) >= 11 is 0. The van der Waals surface area contributed by atoms with Gasteiger partial charge in [0.15, 0.2) is 0 Å². The van der Waals surface area contributed by atoms with Crippen LogP contribution in [0, 0.1) is 12.8 Å². The van der Waals surface area contributed by atoms with Gasteiger partial charge in [-0.1, -0.05) is 42.0 Å². The number of fused-ring (bicyclic) bond motifs is 1. The lowest BCUT2D eigenvalue weighted by atomic mass is 9.97. The van der Waals surface area contributed by atoms with Gasteiger partial charge in [0, 0.05) is 26.1 Å². The van der Waals surface area contributed by atoms with Crippen molar-refractivity contribution in [2.24, 2.45) is 5.92 Å². The van der Waals surface area contributed by atoms with Gasteiger partial charge in [0.1, 0.15) is 0 Å². The van der Waals surface area contributed by atoms with Crippen molar-refractivity contribution in [3.05, 3.63) is 80.4 Å². The highest BCUT2D eigenvalue weighted by Gasteiger charge is 2.28. The highest BCUT2D eigenvalue weighted by atomic mass is 16.5. The van der Waals surface area contributed by atoms with E-state index in [2.05, 4.69) is 0 Å². The largest absolute Gasteiger partial charge is 0.466 e. The van der Waals surface area contributed by atoms with Gasteiger partial charge in [-0.3, -0.25) is 23.7 Å². The predicted octanol–water partition coefficient (Wildman–Crippen LogP) is 2.71. The number of carbonyl (C=O) groups excluding carboxylic acids is 2. The van der Waals surface area contributed by atoms with Gasteiger partial charge in [-0.15, -0.1) is 0 Å². The third-order valence-electron chi connectivity index (χ3n) is 6.61. The van der Waals surface area contributed by atoms with Crippen molar-refractivity contribution in [2.75, 3.05) is 19.7 Å². The molecule has 1 aliphatic rings. The fourth-order valence-corrected chi connectivity index (χ4v) is 4.62. The van der Waals surface area contributed by atoms with Crippen LogP contribution in [-0.4, -0.2) is 45.6 Å². The van der Waals surface area contributed by atoms with Crippen LogP contribution in [0.3, 0.4) is 0 Å². The third kappa shape index (κ3) is 5.37. The monoisotopic (exact) mass is 477 g/mol. The van der Waals surface area contributed by atoms with Crippen LogP contribution in [0.1, 0.15) is 37.3 Å². The minimum absolute atomic E-state index is 0.0906. The average molecular weight is 478 g/mol. The summed E-state index contributed by atoms with van der Waals surface area (Å²) in [6.45, 7) is 5.51. The lowest BCUT2D eigenvalue weighted by Gasteiger charge is -2.31. The Bertz CT molecular complexity index is 1330. The molecule has 2 heterocycles. The Labute approximate surface area is 203 Å². The number of aromatic nitrogens is 2. The first-order chi connectivity index (χ1) is 16.9. The van der Waals surface area contributed by atoms with Crippen LogP contribution >= 0.6 is 0 Å². The Morgan fingerprint density at radius 2 is 1.51 bits per heavy atom. The molecule has 1 aliphatic heterocycles. The number of ether oxygens (including phenoxy) is 1. The second kappa shape index (κ2) is 10.7. The minimum atomic E-state index is -0.635. The van der Waals surface area contributed by atoms with Crippen LogP contribution in [0.4, 0.5) is 0 Å². The quantitative estimate of drug-likeness (QED) is 0.386. The number of piperidine rings is 1. The summed E-state index contributed by atoms with van der Waals surface area (Å²) in [6, 6.07) is 15.1. The molecule has 1 amide bonds. The number of para-hydroxylation sites is 2. The molecule has 0 radical (unpaired) electrons. The molecule has 0 saturated carbocycles. The van der Waals surface area contributed by atoms with Crippen molar-refractivity contribution in [2.45, 2.75) is 46.2 Å². The highest BCUT2D eigenvalue weighted by molar-refractivity contribution is 5.78. The molecule has 3 aromatic rings. The molecular formula is C27H31N3O5. The first-order valence-corrected chi connectivity index (χ1v) is 12.1. The molecule has 1 aromatic heterocycles. The molecule has 4 rings (SSSR count). The van der Waals surface area contributed by atoms with Crippen LogP contribution in [0.5, 0.6) is 0 Å². The molecule has 184 valence electrons. The third-order valence-corrected chi connectivity index (χ3v) is 6.61. The summed E-state index contributed by atoms with van der Waals surface area (Å²) in [5, 5.41) is 0. The van der Waals surface area contributed by atoms with Crippen molar-refractivity contribution in [3.8, 4) is 0 Å². The van der Waals surface area contributed by atoms with E-state index in [0.29, 0.717) is 50.1 Å². The second-order valence-corrected chi connectivity index (χ2v) is 8.98. The van der Waals surface area contributed by atoms with Gasteiger partial charge in [0.05, 0.1) is 30.1 Å². The summed E-state index contributed by atoms with van der Waals surface area (Å²) in [5.41, 5.74) is 2.09. The van der Waals surface area contributed by atoms with Crippen molar-refractivity contribution in [3.63, 3.8) is 0 Å². The topological polar surface area (TPSA) is 90.6 Å². The average Bonchev–Trinajstić information content (AvgIpc) is 2.88. The van der Waals surface area contributed by atoms with Gasteiger partial charge in [-0.2, -0.15) is 0 Å². The fourth-order valence-electron chi connectivity index (χ4n) is 4.62. The Morgan fingerprint density at radius 1 is 0.914 bits per heavy atom. The maximum atomic E-state index is 13.1. The molecule has 0 spiro atoms. The number of hydrogen-bond donors (Lipinski definition) is 0. The van der Waals surface area contributed by atoms with Gasteiger partial charge >= 0.3 is 17.1 Å². The number of aryl methyl sites for hydroxylation is 2. The predicted molar refractivity (Wildman–Crippen MR) is 133 cm³/mol. The molecule has 0 bridgehead atoms. The van der Waals surface area contributed by atoms with Crippen LogP contribution in [0.25, 0.3) is 11.0 Å². The first-order valence-electron chi connectivity index (χ1n) is 12.1. The van der Waals surface area contributed by atoms with E-state index < -0.39 is 11.1 Å². The van der Waals surface area contributed by atoms with Crippen LogP contribution < -0.4 is 11.1 Å². The molecule has 8 heteroatoms. The maximum Gasteiger partial charge on any atom is 0.317 e. The van der Waals surface area contributed by atoms with Crippen molar-refractivity contribution in [1.82, 2.24) is 14.0 Å². The molecule has 0 atom stereocenters. The Kier molecular flexibility index (Phi) is 7.48. The van der Waals surface area contributed by atoms with Gasteiger partial charge in [0.2, 0.25) is 5.91 Å². The Balaban J connectivity index is 1.51. The summed E-state index contributed by atoms with van der Waals surface area (Å²) in [7, 11) is 0. The zero-order valence-electron chi connectivity index (χ0n) is 20.2. The number of nitrogens with zero attached hydrogens (tertiary/aromatic N) is 3. The van der Waals surface area contributed by atoms with Gasteiger partial charge in [-0.05, 0) is 44.4 Å². The van der Waals surface area contributed by atoms with Crippen LogP contribution in [0.2, 0.25) is 0 Å². The maximum absolute atomic E-state index is 13.1. The highest BCUT2D eigenvalue weighted by Crippen LogP contribution is 2.20. The van der Waals surface area contributed by atoms with Crippen LogP contribution in [0.15, 0.2) is 58.1 Å². The normalized spacial score (nSPS) is 14.3. The van der Waals surface area contributed by atoms with E-state index in [4.69, 9.17) is 4.74 Å². The summed E-state index contributed by atoms with van der Waals surface area (Å²) in [6.07, 6.45) is 1.25. The van der Waals surface area contributed by atoms with Crippen LogP contribution in [-0.2, 0) is 27.4 Å². The van der Waals surface area contributed by atoms with E-state index in [1.54, 1.807) is 17.9 Å². The second-order valence-electron chi connectivity index (χ2n) is 8.98. The molecule has 0 unspecified atom stereocenters. The van der Waals surface area contributed by atoms with Gasteiger partial charge in [-0.25, -0.2) is 0 Å². The van der Waals surface area contributed by atoms with E-state index >= 15 is 0 Å². The van der Waals surface area contributed by atoms with Gasteiger partial charge in [0.25, 0.3) is 0 Å². The molecule has 1 fully saturated rings. The van der Waals surface area contributed by atoms with Crippen molar-refractivity contribution in [1.29, 1.82) is 0 Å². The molecule has 2 aromatic carbocycles. The Hall–Kier alpha value is -3.68. The number of carbonyl (C=O) groups is 2. The summed E-state index contributed by atoms with van der Waals surface area (Å²) < 4.78 is 8.00. The lowest BCUT2D eigenvalue weighted by molar-refractivity contribution is -0.151. The standard InChI is InChI=1S/C27H31N3O5/c1-3-35-27(34)21-12-15-28(16-13-21)24(31)14-17-29-22-6-4-5-7-23(22)30(26(33)25(29)32)18-20-10-8-19(2)9-11-20/h4-11,21H,3,12-18H2,1-2H3. The minimum Gasteiger partial charge on any atom is -0.466 e. The van der Waals surface area contributed by atoms with E-state index in [1.807, 2.05) is 49.4 Å². The van der Waals surface area contributed by atoms with E-state index in [9.17, 15) is 19.2 Å². The molecule has 0 N–H and O–H groups in total. The van der Waals surface area contributed by atoms with Gasteiger partial charge < -0.3 is 14.2 Å². The van der Waals surface area contributed by atoms with E-state index in [1.165, 1.54) is 9.13 Å². The van der Waals surface area contributed by atoms with Crippen molar-refractivity contribution < 1.29 is 14.3 Å². The lowest BCUT2D eigenvalue weighted by Crippen LogP contribution is -2.43. The zero-order valence-corrected chi connectivity index (χ0v) is 20.2. The zero-order chi connectivity index (χ0) is 24.9. The SMILES string of the molecule is CCOC(=O)C1CCN(C(=O)CCn2c(=O)c(=O)n(Cc3ccc(C)cc3)c3ccccc32)CC1. The summed E-state index contributed by atoms with van der Waals surface area (Å²) in [4.78, 5) is 52.7. The number of hydrogen-bond acceptors (Lipinski definition) is 5. The Morgan fingerprint density at radius 3 is 2.14 bits per heavy atom.